The van der Waals surface area contributed by atoms with E-state index in [0.29, 0.717) is 6.42 Å². The number of pyridine rings is 1. The number of fused-ring (bicyclic) bond motifs is 1. The smallest absolute Gasteiger partial charge is 0.204 e. The van der Waals surface area contributed by atoms with Crippen LogP contribution in [0.2, 0.25) is 0 Å². The highest BCUT2D eigenvalue weighted by Gasteiger charge is 2.01. The van der Waals surface area contributed by atoms with Crippen LogP contribution >= 0.6 is 0 Å². The summed E-state index contributed by atoms with van der Waals surface area (Å²) in [5.74, 6) is 1.77. The summed E-state index contributed by atoms with van der Waals surface area (Å²) in [6.07, 6.45) is 5.97. The first-order valence-electron chi connectivity index (χ1n) is 6.07. The van der Waals surface area contributed by atoms with Crippen molar-refractivity contribution in [2.24, 2.45) is 0 Å². The molecule has 0 saturated heterocycles. The number of allylic oxidation sites excluding steroid dienone is 3. The number of ether oxygens (including phenoxy) is 1. The second-order valence-corrected chi connectivity index (χ2v) is 3.82. The lowest BCUT2D eigenvalue weighted by atomic mass is 10.4. The Balaban J connectivity index is 0.000000312. The quantitative estimate of drug-likeness (QED) is 0.604. The monoisotopic (exact) mass is 254 g/mol. The highest BCUT2D eigenvalue weighted by molar-refractivity contribution is 5.51. The fourth-order valence-electron chi connectivity index (χ4n) is 1.40. The SMILES string of the molecule is C/C=C(\C)Oc1ccc2ccccn12.C=CCC#N. The first kappa shape index (κ1) is 14.6. The zero-order valence-electron chi connectivity index (χ0n) is 11.3. The van der Waals surface area contributed by atoms with Gasteiger partial charge in [-0.25, -0.2) is 0 Å². The minimum absolute atomic E-state index is 0.458. The number of aromatic nitrogens is 1. The lowest BCUT2D eigenvalue weighted by Crippen LogP contribution is -1.93. The Bertz CT molecular complexity index is 602. The summed E-state index contributed by atoms with van der Waals surface area (Å²) < 4.78 is 7.66. The lowest BCUT2D eigenvalue weighted by molar-refractivity contribution is 0.406. The number of nitriles is 1. The fourth-order valence-corrected chi connectivity index (χ4v) is 1.40. The van der Waals surface area contributed by atoms with E-state index in [9.17, 15) is 0 Å². The van der Waals surface area contributed by atoms with E-state index in [4.69, 9.17) is 10.00 Å². The summed E-state index contributed by atoms with van der Waals surface area (Å²) in [5.41, 5.74) is 1.14. The van der Waals surface area contributed by atoms with Crippen molar-refractivity contribution >= 4 is 5.52 Å². The highest BCUT2D eigenvalue weighted by atomic mass is 16.5. The Hall–Kier alpha value is -2.47. The maximum atomic E-state index is 7.74. The summed E-state index contributed by atoms with van der Waals surface area (Å²) in [6, 6.07) is 12.0. The Labute approximate surface area is 114 Å². The largest absolute Gasteiger partial charge is 0.445 e. The van der Waals surface area contributed by atoms with E-state index in [2.05, 4.69) is 12.6 Å². The zero-order valence-corrected chi connectivity index (χ0v) is 11.3. The van der Waals surface area contributed by atoms with Crippen LogP contribution in [0.15, 0.2) is 61.0 Å². The summed E-state index contributed by atoms with van der Waals surface area (Å²) in [7, 11) is 0. The Morgan fingerprint density at radius 2 is 2.21 bits per heavy atom. The Morgan fingerprint density at radius 1 is 1.42 bits per heavy atom. The molecule has 3 nitrogen and oxygen atoms in total. The third kappa shape index (κ3) is 4.36. The minimum atomic E-state index is 0.458. The summed E-state index contributed by atoms with van der Waals surface area (Å²) in [5, 5.41) is 7.74. The summed E-state index contributed by atoms with van der Waals surface area (Å²) >= 11 is 0. The van der Waals surface area contributed by atoms with E-state index >= 15 is 0 Å². The van der Waals surface area contributed by atoms with Crippen LogP contribution in [0, 0.1) is 11.3 Å². The Kier molecular flexibility index (Phi) is 5.97. The maximum absolute atomic E-state index is 7.74. The molecule has 0 N–H and O–H groups in total. The van der Waals surface area contributed by atoms with Crippen LogP contribution in [0.4, 0.5) is 0 Å². The van der Waals surface area contributed by atoms with Crippen molar-refractivity contribution < 1.29 is 4.74 Å². The molecule has 0 radical (unpaired) electrons. The van der Waals surface area contributed by atoms with E-state index in [1.807, 2.05) is 60.9 Å². The van der Waals surface area contributed by atoms with Crippen LogP contribution in [0.3, 0.4) is 0 Å². The van der Waals surface area contributed by atoms with Crippen molar-refractivity contribution in [1.29, 1.82) is 5.26 Å². The van der Waals surface area contributed by atoms with Gasteiger partial charge in [0.1, 0.15) is 0 Å². The first-order valence-corrected chi connectivity index (χ1v) is 6.07. The molecule has 2 aromatic heterocycles. The fraction of sp³-hybridized carbons (Fsp3) is 0.188. The van der Waals surface area contributed by atoms with Crippen molar-refractivity contribution in [1.82, 2.24) is 4.40 Å². The molecule has 0 aliphatic heterocycles. The second kappa shape index (κ2) is 7.78. The van der Waals surface area contributed by atoms with Gasteiger partial charge in [-0.05, 0) is 38.1 Å². The molecule has 0 amide bonds. The predicted molar refractivity (Wildman–Crippen MR) is 77.9 cm³/mol. The average Bonchev–Trinajstić information content (AvgIpc) is 2.84. The molecule has 0 aromatic carbocycles. The van der Waals surface area contributed by atoms with Gasteiger partial charge >= 0.3 is 0 Å². The van der Waals surface area contributed by atoms with E-state index in [1.165, 1.54) is 0 Å². The topological polar surface area (TPSA) is 37.4 Å². The van der Waals surface area contributed by atoms with Crippen LogP contribution in [0.25, 0.3) is 5.52 Å². The molecule has 2 heterocycles. The number of rotatable bonds is 3. The van der Waals surface area contributed by atoms with Crippen molar-refractivity contribution in [2.75, 3.05) is 0 Å². The van der Waals surface area contributed by atoms with Gasteiger partial charge in [0, 0.05) is 17.8 Å². The van der Waals surface area contributed by atoms with Crippen LogP contribution in [0.5, 0.6) is 5.88 Å². The normalized spacial score (nSPS) is 10.3. The molecule has 98 valence electrons. The molecule has 0 spiro atoms. The molecule has 0 fully saturated rings. The lowest BCUT2D eigenvalue weighted by Gasteiger charge is -2.04. The van der Waals surface area contributed by atoms with E-state index < -0.39 is 0 Å². The van der Waals surface area contributed by atoms with Crippen molar-refractivity contribution in [3.63, 3.8) is 0 Å². The second-order valence-electron chi connectivity index (χ2n) is 3.82. The van der Waals surface area contributed by atoms with Crippen molar-refractivity contribution in [3.05, 3.63) is 61.0 Å². The standard InChI is InChI=1S/C12H13NO.C4H5N/c1-3-10(2)14-12-8-7-11-6-4-5-9-13(11)12;1-2-3-4-5/h3-9H,1-2H3;2H,1,3H2/b10-3+;. The van der Waals surface area contributed by atoms with Gasteiger partial charge in [0.25, 0.3) is 0 Å². The molecule has 0 bridgehead atoms. The molecule has 0 saturated carbocycles. The van der Waals surface area contributed by atoms with Crippen molar-refractivity contribution in [3.8, 4) is 11.9 Å². The number of hydrogen-bond donors (Lipinski definition) is 0. The van der Waals surface area contributed by atoms with Gasteiger partial charge in [-0.1, -0.05) is 12.1 Å². The average molecular weight is 254 g/mol. The molecule has 0 unspecified atom stereocenters. The first-order chi connectivity index (χ1) is 9.22. The molecular formula is C16H18N2O. The van der Waals surface area contributed by atoms with Crippen LogP contribution in [-0.2, 0) is 0 Å². The molecule has 2 aromatic rings. The van der Waals surface area contributed by atoms with Gasteiger partial charge in [-0.2, -0.15) is 5.26 Å². The van der Waals surface area contributed by atoms with Gasteiger partial charge in [-0.3, -0.25) is 4.40 Å². The third-order valence-corrected chi connectivity index (χ3v) is 2.43. The summed E-state index contributed by atoms with van der Waals surface area (Å²) in [6.45, 7) is 7.24. The van der Waals surface area contributed by atoms with Gasteiger partial charge in [0.05, 0.1) is 18.2 Å². The van der Waals surface area contributed by atoms with Gasteiger partial charge in [-0.15, -0.1) is 6.58 Å². The molecule has 2 rings (SSSR count). The zero-order chi connectivity index (χ0) is 14.1. The van der Waals surface area contributed by atoms with Crippen LogP contribution in [-0.4, -0.2) is 4.40 Å². The molecule has 19 heavy (non-hydrogen) atoms. The van der Waals surface area contributed by atoms with Gasteiger partial charge < -0.3 is 4.74 Å². The van der Waals surface area contributed by atoms with E-state index in [-0.39, 0.29) is 0 Å². The van der Waals surface area contributed by atoms with E-state index in [0.717, 1.165) is 17.2 Å². The number of hydrogen-bond acceptors (Lipinski definition) is 2. The third-order valence-electron chi connectivity index (χ3n) is 2.43. The molecule has 3 heteroatoms. The minimum Gasteiger partial charge on any atom is -0.445 e. The molecular weight excluding hydrogens is 236 g/mol. The maximum Gasteiger partial charge on any atom is 0.204 e. The predicted octanol–water partition coefficient (Wildman–Crippen LogP) is 4.33. The number of nitrogens with zero attached hydrogens (tertiary/aromatic N) is 2. The molecule has 0 aliphatic rings. The van der Waals surface area contributed by atoms with Crippen LogP contribution in [0.1, 0.15) is 20.3 Å². The van der Waals surface area contributed by atoms with E-state index in [1.54, 1.807) is 6.08 Å². The Morgan fingerprint density at radius 3 is 2.79 bits per heavy atom. The summed E-state index contributed by atoms with van der Waals surface area (Å²) in [4.78, 5) is 0. The van der Waals surface area contributed by atoms with Gasteiger partial charge in [0.15, 0.2) is 0 Å². The molecule has 0 aliphatic carbocycles. The molecule has 0 atom stereocenters. The highest BCUT2D eigenvalue weighted by Crippen LogP contribution is 2.18. The van der Waals surface area contributed by atoms with Crippen molar-refractivity contribution in [2.45, 2.75) is 20.3 Å². The van der Waals surface area contributed by atoms with Gasteiger partial charge in [0.2, 0.25) is 5.88 Å². The van der Waals surface area contributed by atoms with Crippen LogP contribution < -0.4 is 4.74 Å².